The van der Waals surface area contributed by atoms with E-state index in [-0.39, 0.29) is 5.91 Å². The molecule has 0 fully saturated rings. The number of nitrogen functional groups attached to an aromatic ring is 1. The van der Waals surface area contributed by atoms with Gasteiger partial charge in [0.1, 0.15) is 6.07 Å². The van der Waals surface area contributed by atoms with Gasteiger partial charge in [-0.3, -0.25) is 4.79 Å². The Labute approximate surface area is 118 Å². The van der Waals surface area contributed by atoms with Gasteiger partial charge in [-0.2, -0.15) is 5.26 Å². The molecule has 0 aliphatic carbocycles. The number of para-hydroxylation sites is 1. The van der Waals surface area contributed by atoms with Gasteiger partial charge in [0, 0.05) is 12.7 Å². The van der Waals surface area contributed by atoms with Crippen LogP contribution in [0.15, 0.2) is 42.5 Å². The van der Waals surface area contributed by atoms with E-state index in [2.05, 4.69) is 6.07 Å². The maximum Gasteiger partial charge on any atom is 0.260 e. The predicted octanol–water partition coefficient (Wildman–Crippen LogP) is 2.73. The molecule has 1 amide bonds. The minimum atomic E-state index is -0.231. The molecule has 2 N–H and O–H groups in total. The second kappa shape index (κ2) is 5.45. The fraction of sp³-hybridized carbons (Fsp3) is 0.125. The lowest BCUT2D eigenvalue weighted by molar-refractivity contribution is 0.0994. The van der Waals surface area contributed by atoms with Gasteiger partial charge in [0.05, 0.1) is 16.8 Å². The quantitative estimate of drug-likeness (QED) is 0.849. The van der Waals surface area contributed by atoms with Crippen molar-refractivity contribution in [1.29, 1.82) is 5.26 Å². The van der Waals surface area contributed by atoms with Gasteiger partial charge >= 0.3 is 0 Å². The van der Waals surface area contributed by atoms with Gasteiger partial charge in [0.15, 0.2) is 0 Å². The first-order valence-corrected chi connectivity index (χ1v) is 6.18. The number of nitrogens with two attached hydrogens (primary N) is 1. The number of nitrogens with zero attached hydrogens (tertiary/aromatic N) is 2. The maximum atomic E-state index is 12.5. The van der Waals surface area contributed by atoms with Gasteiger partial charge in [-0.15, -0.1) is 0 Å². The first-order valence-electron chi connectivity index (χ1n) is 6.18. The summed E-state index contributed by atoms with van der Waals surface area (Å²) in [6.07, 6.45) is 0. The van der Waals surface area contributed by atoms with E-state index in [1.807, 2.05) is 13.0 Å². The molecule has 20 heavy (non-hydrogen) atoms. The van der Waals surface area contributed by atoms with Crippen molar-refractivity contribution >= 4 is 17.3 Å². The molecule has 2 rings (SSSR count). The molecule has 0 unspecified atom stereocenters. The van der Waals surface area contributed by atoms with E-state index in [1.165, 1.54) is 4.90 Å². The van der Waals surface area contributed by atoms with Crippen LogP contribution in [0.3, 0.4) is 0 Å². The van der Waals surface area contributed by atoms with Crippen LogP contribution in [0, 0.1) is 18.3 Å². The van der Waals surface area contributed by atoms with Crippen LogP contribution in [0.5, 0.6) is 0 Å². The molecule has 0 spiro atoms. The third-order valence-corrected chi connectivity index (χ3v) is 3.13. The Kier molecular flexibility index (Phi) is 3.72. The third-order valence-electron chi connectivity index (χ3n) is 3.13. The SMILES string of the molecule is Cc1ccc(C(=O)N(C)c2ccccc2C#N)c(N)c1. The van der Waals surface area contributed by atoms with E-state index >= 15 is 0 Å². The van der Waals surface area contributed by atoms with Crippen molar-refractivity contribution in [1.82, 2.24) is 0 Å². The molecule has 0 radical (unpaired) electrons. The van der Waals surface area contributed by atoms with Crippen molar-refractivity contribution in [2.24, 2.45) is 0 Å². The first kappa shape index (κ1) is 13.6. The summed E-state index contributed by atoms with van der Waals surface area (Å²) in [4.78, 5) is 13.9. The van der Waals surface area contributed by atoms with Crippen LogP contribution < -0.4 is 10.6 Å². The number of hydrogen-bond donors (Lipinski definition) is 1. The van der Waals surface area contributed by atoms with Crippen LogP contribution in [0.2, 0.25) is 0 Å². The molecule has 0 aromatic heterocycles. The van der Waals surface area contributed by atoms with Crippen LogP contribution >= 0.6 is 0 Å². The number of hydrogen-bond acceptors (Lipinski definition) is 3. The summed E-state index contributed by atoms with van der Waals surface area (Å²) >= 11 is 0. The average Bonchev–Trinajstić information content (AvgIpc) is 2.45. The van der Waals surface area contributed by atoms with Gasteiger partial charge in [-0.1, -0.05) is 18.2 Å². The lowest BCUT2D eigenvalue weighted by atomic mass is 10.1. The molecule has 0 aliphatic rings. The highest BCUT2D eigenvalue weighted by Gasteiger charge is 2.18. The first-order chi connectivity index (χ1) is 9.54. The lowest BCUT2D eigenvalue weighted by Crippen LogP contribution is -2.27. The molecule has 0 atom stereocenters. The summed E-state index contributed by atoms with van der Waals surface area (Å²) < 4.78 is 0. The van der Waals surface area contributed by atoms with Crippen LogP contribution in [-0.2, 0) is 0 Å². The zero-order valence-electron chi connectivity index (χ0n) is 11.4. The highest BCUT2D eigenvalue weighted by Crippen LogP contribution is 2.22. The zero-order chi connectivity index (χ0) is 14.7. The Morgan fingerprint density at radius 3 is 2.60 bits per heavy atom. The molecule has 0 bridgehead atoms. The van der Waals surface area contributed by atoms with E-state index in [0.717, 1.165) is 5.56 Å². The normalized spacial score (nSPS) is 9.85. The highest BCUT2D eigenvalue weighted by atomic mass is 16.2. The molecule has 0 saturated carbocycles. The summed E-state index contributed by atoms with van der Waals surface area (Å²) in [7, 11) is 1.64. The van der Waals surface area contributed by atoms with Crippen molar-refractivity contribution in [3.05, 3.63) is 59.2 Å². The second-order valence-electron chi connectivity index (χ2n) is 4.58. The highest BCUT2D eigenvalue weighted by molar-refractivity contribution is 6.09. The molecular weight excluding hydrogens is 250 g/mol. The van der Waals surface area contributed by atoms with E-state index in [4.69, 9.17) is 11.0 Å². The molecule has 2 aromatic rings. The number of benzene rings is 2. The standard InChI is InChI=1S/C16H15N3O/c1-11-7-8-13(14(18)9-11)16(20)19(2)15-6-4-3-5-12(15)10-17/h3-9H,18H2,1-2H3. The van der Waals surface area contributed by atoms with Gasteiger partial charge in [-0.25, -0.2) is 0 Å². The Balaban J connectivity index is 2.41. The minimum Gasteiger partial charge on any atom is -0.398 e. The fourth-order valence-electron chi connectivity index (χ4n) is 2.03. The van der Waals surface area contributed by atoms with Crippen molar-refractivity contribution < 1.29 is 4.79 Å². The third kappa shape index (κ3) is 2.47. The number of nitriles is 1. The molecule has 2 aromatic carbocycles. The second-order valence-corrected chi connectivity index (χ2v) is 4.58. The summed E-state index contributed by atoms with van der Waals surface area (Å²) in [6, 6.07) is 14.4. The van der Waals surface area contributed by atoms with Crippen molar-refractivity contribution in [2.45, 2.75) is 6.92 Å². The smallest absolute Gasteiger partial charge is 0.260 e. The van der Waals surface area contributed by atoms with Crippen molar-refractivity contribution in [3.8, 4) is 6.07 Å². The van der Waals surface area contributed by atoms with E-state index in [9.17, 15) is 4.79 Å². The molecule has 0 heterocycles. The van der Waals surface area contributed by atoms with Crippen LogP contribution in [0.4, 0.5) is 11.4 Å². The lowest BCUT2D eigenvalue weighted by Gasteiger charge is -2.19. The van der Waals surface area contributed by atoms with Gasteiger partial charge in [0.25, 0.3) is 5.91 Å². The zero-order valence-corrected chi connectivity index (χ0v) is 11.4. The fourth-order valence-corrected chi connectivity index (χ4v) is 2.03. The van der Waals surface area contributed by atoms with Gasteiger partial charge < -0.3 is 10.6 Å². The monoisotopic (exact) mass is 265 g/mol. The Hall–Kier alpha value is -2.80. The summed E-state index contributed by atoms with van der Waals surface area (Å²) in [5.74, 6) is -0.231. The minimum absolute atomic E-state index is 0.231. The summed E-state index contributed by atoms with van der Waals surface area (Å²) in [5, 5.41) is 9.10. The van der Waals surface area contributed by atoms with E-state index in [0.29, 0.717) is 22.5 Å². The van der Waals surface area contributed by atoms with Crippen LogP contribution in [0.25, 0.3) is 0 Å². The number of carbonyl (C=O) groups excluding carboxylic acids is 1. The Morgan fingerprint density at radius 2 is 1.95 bits per heavy atom. The molecule has 4 heteroatoms. The van der Waals surface area contributed by atoms with Gasteiger partial charge in [0.2, 0.25) is 0 Å². The number of aryl methyl sites for hydroxylation is 1. The molecule has 100 valence electrons. The van der Waals surface area contributed by atoms with Crippen LogP contribution in [0.1, 0.15) is 21.5 Å². The number of carbonyl (C=O) groups is 1. The Bertz CT molecular complexity index is 701. The largest absolute Gasteiger partial charge is 0.398 e. The average molecular weight is 265 g/mol. The van der Waals surface area contributed by atoms with Gasteiger partial charge in [-0.05, 0) is 36.8 Å². The predicted molar refractivity (Wildman–Crippen MR) is 79.5 cm³/mol. The molecule has 0 aliphatic heterocycles. The molecule has 4 nitrogen and oxygen atoms in total. The van der Waals surface area contributed by atoms with Crippen molar-refractivity contribution in [2.75, 3.05) is 17.7 Å². The molecule has 0 saturated heterocycles. The summed E-state index contributed by atoms with van der Waals surface area (Å²) in [5.41, 5.74) is 8.79. The van der Waals surface area contributed by atoms with E-state index < -0.39 is 0 Å². The topological polar surface area (TPSA) is 70.1 Å². The van der Waals surface area contributed by atoms with Crippen LogP contribution in [-0.4, -0.2) is 13.0 Å². The number of anilines is 2. The van der Waals surface area contributed by atoms with Crippen molar-refractivity contribution in [3.63, 3.8) is 0 Å². The van der Waals surface area contributed by atoms with E-state index in [1.54, 1.807) is 43.4 Å². The maximum absolute atomic E-state index is 12.5. The molecular formula is C16H15N3O. The number of amides is 1. The Morgan fingerprint density at radius 1 is 1.25 bits per heavy atom. The number of rotatable bonds is 2. The summed E-state index contributed by atoms with van der Waals surface area (Å²) in [6.45, 7) is 1.92.